The van der Waals surface area contributed by atoms with Crippen LogP contribution >= 0.6 is 11.3 Å². The van der Waals surface area contributed by atoms with Gasteiger partial charge < -0.3 is 5.32 Å². The van der Waals surface area contributed by atoms with Crippen molar-refractivity contribution < 1.29 is 13.2 Å². The Bertz CT molecular complexity index is 1060. The molecule has 2 aromatic carbocycles. The Hall–Kier alpha value is -2.74. The first kappa shape index (κ1) is 20.0. The lowest BCUT2D eigenvalue weighted by atomic mass is 10.1. The summed E-state index contributed by atoms with van der Waals surface area (Å²) in [4.78, 5) is 13.5. The molecule has 1 aromatic heterocycles. The van der Waals surface area contributed by atoms with Gasteiger partial charge in [0.15, 0.2) is 0 Å². The van der Waals surface area contributed by atoms with E-state index in [0.29, 0.717) is 5.69 Å². The van der Waals surface area contributed by atoms with Gasteiger partial charge in [-0.15, -0.1) is 11.3 Å². The molecule has 0 saturated heterocycles. The molecule has 1 amide bonds. The Morgan fingerprint density at radius 2 is 1.75 bits per heavy atom. The minimum atomic E-state index is -3.71. The van der Waals surface area contributed by atoms with Crippen LogP contribution in [-0.4, -0.2) is 32.2 Å². The van der Waals surface area contributed by atoms with Crippen LogP contribution < -0.4 is 5.32 Å². The molecule has 0 aliphatic rings. The highest BCUT2D eigenvalue weighted by atomic mass is 32.2. The lowest BCUT2D eigenvalue weighted by Crippen LogP contribution is -2.33. The molecule has 0 aliphatic carbocycles. The van der Waals surface area contributed by atoms with Crippen molar-refractivity contribution in [2.24, 2.45) is 0 Å². The van der Waals surface area contributed by atoms with E-state index in [-0.39, 0.29) is 6.54 Å². The van der Waals surface area contributed by atoms with Gasteiger partial charge in [0.05, 0.1) is 6.54 Å². The standard InChI is InChI=1S/C21H20N2O3S2/c1-23(28(25,26)15-13-17-8-3-2-4-9-17)16-21(24)22-19-11-6-5-10-18(19)20-12-7-14-27-20/h2-15H,16H2,1H3,(H,22,24). The zero-order chi connectivity index (χ0) is 20.0. The fraction of sp³-hybridized carbons (Fsp3) is 0.0952. The van der Waals surface area contributed by atoms with Gasteiger partial charge in [-0.3, -0.25) is 4.79 Å². The lowest BCUT2D eigenvalue weighted by Gasteiger charge is -2.15. The van der Waals surface area contributed by atoms with Crippen molar-refractivity contribution in [3.8, 4) is 10.4 Å². The first-order valence-corrected chi connectivity index (χ1v) is 11.0. The van der Waals surface area contributed by atoms with Gasteiger partial charge >= 0.3 is 0 Å². The normalized spacial score (nSPS) is 11.8. The molecule has 1 heterocycles. The van der Waals surface area contributed by atoms with Gasteiger partial charge in [0, 0.05) is 28.6 Å². The number of likely N-dealkylation sites (N-methyl/N-ethyl adjacent to an activating group) is 1. The van der Waals surface area contributed by atoms with Crippen LogP contribution in [-0.2, 0) is 14.8 Å². The minimum Gasteiger partial charge on any atom is -0.324 e. The van der Waals surface area contributed by atoms with Crippen LogP contribution in [0.5, 0.6) is 0 Å². The topological polar surface area (TPSA) is 66.5 Å². The third-order valence-electron chi connectivity index (χ3n) is 4.02. The predicted molar refractivity (Wildman–Crippen MR) is 115 cm³/mol. The summed E-state index contributed by atoms with van der Waals surface area (Å²) < 4.78 is 25.8. The summed E-state index contributed by atoms with van der Waals surface area (Å²) in [5.74, 6) is -0.400. The summed E-state index contributed by atoms with van der Waals surface area (Å²) >= 11 is 1.57. The average molecular weight is 413 g/mol. The summed E-state index contributed by atoms with van der Waals surface area (Å²) in [5, 5.41) is 5.89. The lowest BCUT2D eigenvalue weighted by molar-refractivity contribution is -0.116. The molecule has 3 aromatic rings. The summed E-state index contributed by atoms with van der Waals surface area (Å²) in [7, 11) is -2.32. The highest BCUT2D eigenvalue weighted by molar-refractivity contribution is 7.92. The number of carbonyl (C=O) groups excluding carboxylic acids is 1. The van der Waals surface area contributed by atoms with Gasteiger partial charge in [-0.05, 0) is 29.2 Å². The van der Waals surface area contributed by atoms with Crippen LogP contribution in [0.1, 0.15) is 5.56 Å². The van der Waals surface area contributed by atoms with Gasteiger partial charge in [-0.25, -0.2) is 8.42 Å². The Morgan fingerprint density at radius 1 is 1.04 bits per heavy atom. The largest absolute Gasteiger partial charge is 0.324 e. The number of thiophene rings is 1. The summed E-state index contributed by atoms with van der Waals surface area (Å²) in [5.41, 5.74) is 2.33. The van der Waals surface area contributed by atoms with Crippen molar-refractivity contribution in [3.05, 3.63) is 83.1 Å². The van der Waals surface area contributed by atoms with E-state index in [0.717, 1.165) is 25.7 Å². The molecular weight excluding hydrogens is 392 g/mol. The van der Waals surface area contributed by atoms with Crippen molar-refractivity contribution in [2.75, 3.05) is 18.9 Å². The van der Waals surface area contributed by atoms with E-state index in [1.54, 1.807) is 29.5 Å². The monoisotopic (exact) mass is 412 g/mol. The number of anilines is 1. The molecule has 0 aliphatic heterocycles. The van der Waals surface area contributed by atoms with Crippen molar-refractivity contribution >= 4 is 39.0 Å². The SMILES string of the molecule is CN(CC(=O)Nc1ccccc1-c1cccs1)S(=O)(=O)C=Cc1ccccc1. The van der Waals surface area contributed by atoms with Crippen molar-refractivity contribution in [1.29, 1.82) is 0 Å². The number of nitrogens with one attached hydrogen (secondary N) is 1. The van der Waals surface area contributed by atoms with E-state index in [2.05, 4.69) is 5.32 Å². The number of sulfonamides is 1. The second-order valence-corrected chi connectivity index (χ2v) is 8.96. The molecule has 0 fully saturated rings. The number of benzene rings is 2. The predicted octanol–water partition coefficient (Wildman–Crippen LogP) is 4.29. The zero-order valence-electron chi connectivity index (χ0n) is 15.3. The molecule has 28 heavy (non-hydrogen) atoms. The summed E-state index contributed by atoms with van der Waals surface area (Å²) in [6, 6.07) is 20.5. The number of hydrogen-bond acceptors (Lipinski definition) is 4. The second kappa shape index (κ2) is 8.97. The number of rotatable bonds is 7. The fourth-order valence-corrected chi connectivity index (χ4v) is 4.15. The maximum absolute atomic E-state index is 12.4. The van der Waals surface area contributed by atoms with Crippen LogP contribution in [0.2, 0.25) is 0 Å². The molecule has 1 N–H and O–H groups in total. The molecule has 5 nitrogen and oxygen atoms in total. The molecule has 0 atom stereocenters. The third-order valence-corrected chi connectivity index (χ3v) is 6.40. The Morgan fingerprint density at radius 3 is 2.46 bits per heavy atom. The van der Waals surface area contributed by atoms with Crippen LogP contribution in [0.4, 0.5) is 5.69 Å². The van der Waals surface area contributed by atoms with E-state index in [9.17, 15) is 13.2 Å². The molecule has 7 heteroatoms. The first-order valence-electron chi connectivity index (χ1n) is 8.58. The molecule has 0 bridgehead atoms. The van der Waals surface area contributed by atoms with Crippen LogP contribution in [0.15, 0.2) is 77.5 Å². The molecule has 0 spiro atoms. The maximum atomic E-state index is 12.4. The quantitative estimate of drug-likeness (QED) is 0.630. The molecule has 0 saturated carbocycles. The van der Waals surface area contributed by atoms with Gasteiger partial charge in [-0.2, -0.15) is 4.31 Å². The van der Waals surface area contributed by atoms with Crippen LogP contribution in [0.3, 0.4) is 0 Å². The molecule has 3 rings (SSSR count). The van der Waals surface area contributed by atoms with Crippen LogP contribution in [0, 0.1) is 0 Å². The number of nitrogens with zero attached hydrogens (tertiary/aromatic N) is 1. The summed E-state index contributed by atoms with van der Waals surface area (Å²) in [6.45, 7) is -0.278. The van der Waals surface area contributed by atoms with Crippen molar-refractivity contribution in [3.63, 3.8) is 0 Å². The van der Waals surface area contributed by atoms with E-state index in [1.807, 2.05) is 53.9 Å². The van der Waals surface area contributed by atoms with Crippen molar-refractivity contribution in [2.45, 2.75) is 0 Å². The molecule has 144 valence electrons. The van der Waals surface area contributed by atoms with Crippen LogP contribution in [0.25, 0.3) is 16.5 Å². The Balaban J connectivity index is 1.67. The highest BCUT2D eigenvalue weighted by Gasteiger charge is 2.18. The zero-order valence-corrected chi connectivity index (χ0v) is 16.9. The fourth-order valence-electron chi connectivity index (χ4n) is 2.55. The molecule has 0 radical (unpaired) electrons. The van der Waals surface area contributed by atoms with E-state index in [1.165, 1.54) is 13.1 Å². The maximum Gasteiger partial charge on any atom is 0.239 e. The number of carbonyl (C=O) groups is 1. The summed E-state index contributed by atoms with van der Waals surface area (Å²) in [6.07, 6.45) is 1.51. The Kier molecular flexibility index (Phi) is 6.41. The minimum absolute atomic E-state index is 0.278. The highest BCUT2D eigenvalue weighted by Crippen LogP contribution is 2.31. The van der Waals surface area contributed by atoms with Gasteiger partial charge in [0.25, 0.3) is 0 Å². The van der Waals surface area contributed by atoms with Crippen molar-refractivity contribution in [1.82, 2.24) is 4.31 Å². The van der Waals surface area contributed by atoms with Gasteiger partial charge in [0.1, 0.15) is 0 Å². The molecule has 0 unspecified atom stereocenters. The third kappa shape index (κ3) is 5.16. The average Bonchev–Trinajstić information content (AvgIpc) is 3.22. The molecular formula is C21H20N2O3S2. The first-order chi connectivity index (χ1) is 13.5. The van der Waals surface area contributed by atoms with Gasteiger partial charge in [0.2, 0.25) is 15.9 Å². The van der Waals surface area contributed by atoms with Gasteiger partial charge in [-0.1, -0.05) is 54.6 Å². The second-order valence-electron chi connectivity index (χ2n) is 6.09. The number of amides is 1. The Labute approximate surface area is 169 Å². The number of hydrogen-bond donors (Lipinski definition) is 1. The van der Waals surface area contributed by atoms with E-state index < -0.39 is 15.9 Å². The van der Waals surface area contributed by atoms with E-state index >= 15 is 0 Å². The smallest absolute Gasteiger partial charge is 0.239 e. The number of para-hydroxylation sites is 1. The van der Waals surface area contributed by atoms with E-state index in [4.69, 9.17) is 0 Å².